The highest BCUT2D eigenvalue weighted by Gasteiger charge is 2.15. The summed E-state index contributed by atoms with van der Waals surface area (Å²) < 4.78 is 0. The zero-order chi connectivity index (χ0) is 29.6. The van der Waals surface area contributed by atoms with Gasteiger partial charge in [-0.2, -0.15) is 0 Å². The minimum atomic E-state index is 0.445. The molecule has 0 saturated carbocycles. The van der Waals surface area contributed by atoms with Gasteiger partial charge in [0.05, 0.1) is 0 Å². The number of aryl methyl sites for hydroxylation is 2. The SMILES string of the molecule is CCCCCC(c1ccc(N)cc1)c1ccc(CCCCc2ccc(C(CCCCC)c3ccc(N)cc3)cc2)cc1. The minimum absolute atomic E-state index is 0.445. The number of anilines is 2. The van der Waals surface area contributed by atoms with E-state index in [-0.39, 0.29) is 0 Å². The molecule has 4 N–H and O–H groups in total. The van der Waals surface area contributed by atoms with Crippen molar-refractivity contribution in [2.75, 3.05) is 11.5 Å². The summed E-state index contributed by atoms with van der Waals surface area (Å²) in [6.45, 7) is 4.55. The lowest BCUT2D eigenvalue weighted by molar-refractivity contribution is 0.618. The Bertz CT molecular complexity index is 1180. The molecule has 0 spiro atoms. The molecule has 0 fully saturated rings. The zero-order valence-corrected chi connectivity index (χ0v) is 26.0. The molecule has 2 unspecified atom stereocenters. The van der Waals surface area contributed by atoms with Crippen LogP contribution in [0.3, 0.4) is 0 Å². The first-order valence-electron chi connectivity index (χ1n) is 16.5. The molecule has 0 saturated heterocycles. The van der Waals surface area contributed by atoms with Gasteiger partial charge < -0.3 is 11.5 Å². The van der Waals surface area contributed by atoms with Gasteiger partial charge in [-0.25, -0.2) is 0 Å². The van der Waals surface area contributed by atoms with E-state index in [9.17, 15) is 0 Å². The van der Waals surface area contributed by atoms with Crippen molar-refractivity contribution in [1.29, 1.82) is 0 Å². The van der Waals surface area contributed by atoms with E-state index in [0.29, 0.717) is 11.8 Å². The Balaban J connectivity index is 1.30. The van der Waals surface area contributed by atoms with Crippen molar-refractivity contribution in [3.8, 4) is 0 Å². The minimum Gasteiger partial charge on any atom is -0.399 e. The van der Waals surface area contributed by atoms with Crippen LogP contribution in [0.2, 0.25) is 0 Å². The molecule has 2 nitrogen and oxygen atoms in total. The van der Waals surface area contributed by atoms with Crippen LogP contribution >= 0.6 is 0 Å². The Morgan fingerprint density at radius 3 is 1.02 bits per heavy atom. The first kappa shape index (κ1) is 31.4. The molecule has 4 aromatic carbocycles. The van der Waals surface area contributed by atoms with Crippen LogP contribution in [0.1, 0.15) is 123 Å². The quantitative estimate of drug-likeness (QED) is 0.0996. The smallest absolute Gasteiger partial charge is 0.0314 e. The average molecular weight is 561 g/mol. The second-order valence-corrected chi connectivity index (χ2v) is 12.1. The Morgan fingerprint density at radius 2 is 0.714 bits per heavy atom. The molecule has 0 aliphatic heterocycles. The second kappa shape index (κ2) is 16.8. The van der Waals surface area contributed by atoms with Gasteiger partial charge in [0, 0.05) is 23.2 Å². The van der Waals surface area contributed by atoms with E-state index in [2.05, 4.69) is 86.6 Å². The topological polar surface area (TPSA) is 52.0 Å². The lowest BCUT2D eigenvalue weighted by Crippen LogP contribution is -2.02. The Hall–Kier alpha value is -3.52. The highest BCUT2D eigenvalue weighted by molar-refractivity contribution is 5.44. The van der Waals surface area contributed by atoms with Crippen LogP contribution in [0.4, 0.5) is 11.4 Å². The van der Waals surface area contributed by atoms with Gasteiger partial charge in [0.2, 0.25) is 0 Å². The van der Waals surface area contributed by atoms with E-state index >= 15 is 0 Å². The fraction of sp³-hybridized carbons (Fsp3) is 0.400. The molecule has 4 aromatic rings. The monoisotopic (exact) mass is 560 g/mol. The lowest BCUT2D eigenvalue weighted by Gasteiger charge is -2.19. The first-order chi connectivity index (χ1) is 20.6. The average Bonchev–Trinajstić information content (AvgIpc) is 3.02. The van der Waals surface area contributed by atoms with Crippen LogP contribution < -0.4 is 11.5 Å². The third kappa shape index (κ3) is 9.51. The van der Waals surface area contributed by atoms with Gasteiger partial charge in [-0.05, 0) is 96.2 Å². The summed E-state index contributed by atoms with van der Waals surface area (Å²) in [5, 5.41) is 0. The molecule has 222 valence electrons. The van der Waals surface area contributed by atoms with Gasteiger partial charge in [0.25, 0.3) is 0 Å². The van der Waals surface area contributed by atoms with Crippen LogP contribution in [0.15, 0.2) is 97.1 Å². The fourth-order valence-corrected chi connectivity index (χ4v) is 6.20. The van der Waals surface area contributed by atoms with E-state index in [1.807, 2.05) is 24.3 Å². The van der Waals surface area contributed by atoms with Crippen molar-refractivity contribution in [3.63, 3.8) is 0 Å². The van der Waals surface area contributed by atoms with E-state index in [1.54, 1.807) is 0 Å². The molecule has 2 atom stereocenters. The molecule has 0 amide bonds. The van der Waals surface area contributed by atoms with Crippen molar-refractivity contribution >= 4 is 11.4 Å². The van der Waals surface area contributed by atoms with Gasteiger partial charge >= 0.3 is 0 Å². The molecule has 0 heterocycles. The third-order valence-corrected chi connectivity index (χ3v) is 8.82. The standard InChI is InChI=1S/C40H52N2/c1-3-5-7-13-39(35-23-27-37(41)28-24-35)33-19-15-31(16-20-33)11-9-10-12-32-17-21-34(22-18-32)40(14-8-6-4-2)36-25-29-38(42)30-26-36/h15-30,39-40H,3-14,41-42H2,1-2H3. The van der Waals surface area contributed by atoms with E-state index in [4.69, 9.17) is 11.5 Å². The van der Waals surface area contributed by atoms with Crippen molar-refractivity contribution in [3.05, 3.63) is 130 Å². The van der Waals surface area contributed by atoms with Crippen molar-refractivity contribution < 1.29 is 0 Å². The largest absolute Gasteiger partial charge is 0.399 e. The van der Waals surface area contributed by atoms with Crippen LogP contribution in [-0.4, -0.2) is 0 Å². The summed E-state index contributed by atoms with van der Waals surface area (Å²) in [6.07, 6.45) is 14.7. The Morgan fingerprint density at radius 1 is 0.405 bits per heavy atom. The summed E-state index contributed by atoms with van der Waals surface area (Å²) in [5.74, 6) is 0.890. The van der Waals surface area contributed by atoms with Crippen LogP contribution in [0, 0.1) is 0 Å². The Labute approximate surface area is 255 Å². The molecular weight excluding hydrogens is 508 g/mol. The van der Waals surface area contributed by atoms with Gasteiger partial charge in [-0.15, -0.1) is 0 Å². The normalized spacial score (nSPS) is 12.7. The number of hydrogen-bond donors (Lipinski definition) is 2. The van der Waals surface area contributed by atoms with Crippen molar-refractivity contribution in [2.24, 2.45) is 0 Å². The predicted octanol–water partition coefficient (Wildman–Crippen LogP) is 10.8. The summed E-state index contributed by atoms with van der Waals surface area (Å²) in [7, 11) is 0. The Kier molecular flexibility index (Phi) is 12.6. The van der Waals surface area contributed by atoms with Crippen molar-refractivity contribution in [1.82, 2.24) is 0 Å². The number of rotatable bonds is 17. The second-order valence-electron chi connectivity index (χ2n) is 12.1. The fourth-order valence-electron chi connectivity index (χ4n) is 6.20. The maximum absolute atomic E-state index is 5.96. The summed E-state index contributed by atoms with van der Waals surface area (Å²) in [6, 6.07) is 35.8. The lowest BCUT2D eigenvalue weighted by atomic mass is 9.86. The summed E-state index contributed by atoms with van der Waals surface area (Å²) in [4.78, 5) is 0. The summed E-state index contributed by atoms with van der Waals surface area (Å²) >= 11 is 0. The van der Waals surface area contributed by atoms with E-state index in [0.717, 1.165) is 24.2 Å². The van der Waals surface area contributed by atoms with Gasteiger partial charge in [-0.3, -0.25) is 0 Å². The van der Waals surface area contributed by atoms with E-state index < -0.39 is 0 Å². The zero-order valence-electron chi connectivity index (χ0n) is 26.0. The number of benzene rings is 4. The summed E-state index contributed by atoms with van der Waals surface area (Å²) in [5.41, 5.74) is 22.1. The molecule has 4 rings (SSSR count). The third-order valence-electron chi connectivity index (χ3n) is 8.82. The molecule has 2 heteroatoms. The predicted molar refractivity (Wildman–Crippen MR) is 183 cm³/mol. The number of hydrogen-bond acceptors (Lipinski definition) is 2. The van der Waals surface area contributed by atoms with Gasteiger partial charge in [-0.1, -0.05) is 125 Å². The molecule has 42 heavy (non-hydrogen) atoms. The molecule has 0 aliphatic rings. The van der Waals surface area contributed by atoms with Gasteiger partial charge in [0.15, 0.2) is 0 Å². The highest BCUT2D eigenvalue weighted by atomic mass is 14.5. The van der Waals surface area contributed by atoms with E-state index in [1.165, 1.54) is 97.6 Å². The maximum Gasteiger partial charge on any atom is 0.0314 e. The van der Waals surface area contributed by atoms with Crippen LogP contribution in [0.5, 0.6) is 0 Å². The van der Waals surface area contributed by atoms with Gasteiger partial charge in [0.1, 0.15) is 0 Å². The highest BCUT2D eigenvalue weighted by Crippen LogP contribution is 2.32. The first-order valence-corrected chi connectivity index (χ1v) is 16.5. The van der Waals surface area contributed by atoms with Crippen molar-refractivity contribution in [2.45, 2.75) is 103 Å². The molecule has 0 radical (unpaired) electrons. The number of unbranched alkanes of at least 4 members (excludes halogenated alkanes) is 5. The number of nitrogens with two attached hydrogens (primary N) is 2. The van der Waals surface area contributed by atoms with Crippen LogP contribution in [-0.2, 0) is 12.8 Å². The van der Waals surface area contributed by atoms with Crippen LogP contribution in [0.25, 0.3) is 0 Å². The molecular formula is C40H52N2. The maximum atomic E-state index is 5.96. The molecule has 0 aliphatic carbocycles. The molecule has 0 aromatic heterocycles. The molecule has 0 bridgehead atoms. The number of nitrogen functional groups attached to an aromatic ring is 2.